The second-order valence-corrected chi connectivity index (χ2v) is 7.28. The Kier molecular flexibility index (Phi) is 6.65. The van der Waals surface area contributed by atoms with Crippen molar-refractivity contribution in [3.63, 3.8) is 0 Å². The fourth-order valence-electron chi connectivity index (χ4n) is 3.75. The zero-order valence-electron chi connectivity index (χ0n) is 17.1. The van der Waals surface area contributed by atoms with E-state index in [1.807, 2.05) is 23.3 Å². The van der Waals surface area contributed by atoms with Gasteiger partial charge in [0.15, 0.2) is 5.82 Å². The molecule has 1 aromatic heterocycles. The summed E-state index contributed by atoms with van der Waals surface area (Å²) in [5, 5.41) is 11.9. The predicted octanol–water partition coefficient (Wildman–Crippen LogP) is 3.61. The van der Waals surface area contributed by atoms with Crippen molar-refractivity contribution in [3.05, 3.63) is 47.0 Å². The van der Waals surface area contributed by atoms with E-state index in [-0.39, 0.29) is 17.6 Å². The van der Waals surface area contributed by atoms with Crippen LogP contribution >= 0.6 is 0 Å². The summed E-state index contributed by atoms with van der Waals surface area (Å²) in [5.41, 5.74) is 2.27. The highest BCUT2D eigenvalue weighted by Crippen LogP contribution is 2.23. The third-order valence-corrected chi connectivity index (χ3v) is 5.05. The standard InChI is InChI=1S/C22H27N5O2/c1-3-11-26(12-4-2)22(29)19-18-10-5-6-13-27(18)20(25-19)21(28)24-17-9-7-8-16(14-17)15-23/h7-9,14H,3-6,10-13H2,1-2H3,(H,24,28). The molecule has 152 valence electrons. The third-order valence-electron chi connectivity index (χ3n) is 5.05. The SMILES string of the molecule is CCCN(CCC)C(=O)c1nc(C(=O)Nc2cccc(C#N)c2)n2c1CCCC2. The number of anilines is 1. The molecule has 0 saturated carbocycles. The molecule has 1 N–H and O–H groups in total. The average Bonchev–Trinajstić information content (AvgIpc) is 3.13. The second kappa shape index (κ2) is 9.37. The third kappa shape index (κ3) is 4.48. The molecule has 1 aromatic carbocycles. The van der Waals surface area contributed by atoms with Crippen LogP contribution in [0.3, 0.4) is 0 Å². The van der Waals surface area contributed by atoms with Gasteiger partial charge in [-0.3, -0.25) is 9.59 Å². The lowest BCUT2D eigenvalue weighted by Gasteiger charge is -2.22. The lowest BCUT2D eigenvalue weighted by atomic mass is 10.1. The van der Waals surface area contributed by atoms with E-state index in [1.165, 1.54) is 0 Å². The summed E-state index contributed by atoms with van der Waals surface area (Å²) in [6.07, 6.45) is 4.44. The highest BCUT2D eigenvalue weighted by atomic mass is 16.2. The van der Waals surface area contributed by atoms with E-state index in [0.717, 1.165) is 37.8 Å². The van der Waals surface area contributed by atoms with Gasteiger partial charge in [-0.15, -0.1) is 0 Å². The van der Waals surface area contributed by atoms with Crippen LogP contribution in [0.4, 0.5) is 5.69 Å². The molecule has 0 fully saturated rings. The minimum Gasteiger partial charge on any atom is -0.337 e. The van der Waals surface area contributed by atoms with Gasteiger partial charge in [0.05, 0.1) is 17.3 Å². The lowest BCUT2D eigenvalue weighted by molar-refractivity contribution is 0.0748. The summed E-state index contributed by atoms with van der Waals surface area (Å²) < 4.78 is 1.89. The fraction of sp³-hybridized carbons (Fsp3) is 0.455. The molecule has 0 spiro atoms. The van der Waals surface area contributed by atoms with Gasteiger partial charge < -0.3 is 14.8 Å². The van der Waals surface area contributed by atoms with Crippen LogP contribution in [0.5, 0.6) is 0 Å². The highest BCUT2D eigenvalue weighted by Gasteiger charge is 2.29. The largest absolute Gasteiger partial charge is 0.337 e. The molecule has 0 saturated heterocycles. The molecule has 29 heavy (non-hydrogen) atoms. The molecule has 2 aromatic rings. The molecular weight excluding hydrogens is 366 g/mol. The van der Waals surface area contributed by atoms with E-state index in [1.54, 1.807) is 24.3 Å². The Morgan fingerprint density at radius 1 is 1.24 bits per heavy atom. The Labute approximate surface area is 171 Å². The molecule has 0 aliphatic carbocycles. The van der Waals surface area contributed by atoms with Crippen LogP contribution in [0.25, 0.3) is 0 Å². The monoisotopic (exact) mass is 393 g/mol. The topological polar surface area (TPSA) is 91.0 Å². The minimum absolute atomic E-state index is 0.0927. The first kappa shape index (κ1) is 20.6. The molecule has 3 rings (SSSR count). The van der Waals surface area contributed by atoms with Gasteiger partial charge in [0.25, 0.3) is 11.8 Å². The molecule has 7 nitrogen and oxygen atoms in total. The number of nitrogens with one attached hydrogen (secondary N) is 1. The van der Waals surface area contributed by atoms with Gasteiger partial charge in [0, 0.05) is 25.3 Å². The van der Waals surface area contributed by atoms with Gasteiger partial charge in [-0.05, 0) is 50.3 Å². The minimum atomic E-state index is -0.361. The maximum atomic E-state index is 13.2. The molecule has 0 unspecified atom stereocenters. The predicted molar refractivity (Wildman–Crippen MR) is 111 cm³/mol. The average molecular weight is 393 g/mol. The first-order chi connectivity index (χ1) is 14.1. The Morgan fingerprint density at radius 3 is 2.69 bits per heavy atom. The Hall–Kier alpha value is -3.14. The zero-order chi connectivity index (χ0) is 20.8. The first-order valence-electron chi connectivity index (χ1n) is 10.3. The number of fused-ring (bicyclic) bond motifs is 1. The van der Waals surface area contributed by atoms with Crippen LogP contribution in [-0.4, -0.2) is 39.4 Å². The number of amides is 2. The highest BCUT2D eigenvalue weighted by molar-refractivity contribution is 6.03. The van der Waals surface area contributed by atoms with E-state index < -0.39 is 0 Å². The fourth-order valence-corrected chi connectivity index (χ4v) is 3.75. The number of hydrogen-bond donors (Lipinski definition) is 1. The first-order valence-corrected chi connectivity index (χ1v) is 10.3. The Bertz CT molecular complexity index is 935. The van der Waals surface area contributed by atoms with Gasteiger partial charge in [-0.25, -0.2) is 4.98 Å². The van der Waals surface area contributed by atoms with E-state index in [4.69, 9.17) is 5.26 Å². The number of nitriles is 1. The molecule has 1 aliphatic rings. The van der Waals surface area contributed by atoms with Crippen LogP contribution in [0, 0.1) is 11.3 Å². The number of hydrogen-bond acceptors (Lipinski definition) is 4. The van der Waals surface area contributed by atoms with Crippen molar-refractivity contribution in [2.24, 2.45) is 0 Å². The van der Waals surface area contributed by atoms with Gasteiger partial charge in [-0.1, -0.05) is 19.9 Å². The van der Waals surface area contributed by atoms with E-state index in [0.29, 0.717) is 36.6 Å². The van der Waals surface area contributed by atoms with Crippen LogP contribution in [-0.2, 0) is 13.0 Å². The smallest absolute Gasteiger partial charge is 0.291 e. The number of aromatic nitrogens is 2. The van der Waals surface area contributed by atoms with E-state index in [9.17, 15) is 9.59 Å². The van der Waals surface area contributed by atoms with Gasteiger partial charge in [0.2, 0.25) is 0 Å². The van der Waals surface area contributed by atoms with Crippen LogP contribution in [0.1, 0.15) is 71.9 Å². The second-order valence-electron chi connectivity index (χ2n) is 7.28. The van der Waals surface area contributed by atoms with Gasteiger partial charge in [-0.2, -0.15) is 5.26 Å². The van der Waals surface area contributed by atoms with Gasteiger partial charge in [0.1, 0.15) is 5.69 Å². The molecule has 7 heteroatoms. The summed E-state index contributed by atoms with van der Waals surface area (Å²) in [7, 11) is 0. The number of carbonyl (C=O) groups is 2. The summed E-state index contributed by atoms with van der Waals surface area (Å²) in [4.78, 5) is 32.4. The lowest BCUT2D eigenvalue weighted by Crippen LogP contribution is -2.33. The van der Waals surface area contributed by atoms with Crippen molar-refractivity contribution >= 4 is 17.5 Å². The van der Waals surface area contributed by atoms with Crippen molar-refractivity contribution < 1.29 is 9.59 Å². The van der Waals surface area contributed by atoms with Crippen molar-refractivity contribution in [3.8, 4) is 6.07 Å². The van der Waals surface area contributed by atoms with Crippen molar-refractivity contribution in [2.75, 3.05) is 18.4 Å². The summed E-state index contributed by atoms with van der Waals surface area (Å²) in [6, 6.07) is 8.81. The summed E-state index contributed by atoms with van der Waals surface area (Å²) in [6.45, 7) is 6.14. The Morgan fingerprint density at radius 2 is 2.00 bits per heavy atom. The Balaban J connectivity index is 1.92. The molecule has 1 aliphatic heterocycles. The molecule has 2 heterocycles. The molecule has 2 amide bonds. The number of imidazole rings is 1. The molecule has 0 bridgehead atoms. The summed E-state index contributed by atoms with van der Waals surface area (Å²) >= 11 is 0. The van der Waals surface area contributed by atoms with Crippen LogP contribution in [0.15, 0.2) is 24.3 Å². The van der Waals surface area contributed by atoms with Crippen LogP contribution < -0.4 is 5.32 Å². The molecule has 0 radical (unpaired) electrons. The van der Waals surface area contributed by atoms with Crippen molar-refractivity contribution in [1.29, 1.82) is 5.26 Å². The molecular formula is C22H27N5O2. The van der Waals surface area contributed by atoms with Crippen molar-refractivity contribution in [1.82, 2.24) is 14.5 Å². The van der Waals surface area contributed by atoms with Gasteiger partial charge >= 0.3 is 0 Å². The number of carbonyl (C=O) groups excluding carboxylic acids is 2. The van der Waals surface area contributed by atoms with Crippen molar-refractivity contribution in [2.45, 2.75) is 52.5 Å². The van der Waals surface area contributed by atoms with E-state index in [2.05, 4.69) is 16.4 Å². The number of rotatable bonds is 7. The number of nitrogens with zero attached hydrogens (tertiary/aromatic N) is 4. The number of benzene rings is 1. The summed E-state index contributed by atoms with van der Waals surface area (Å²) in [5.74, 6) is -0.192. The maximum Gasteiger partial charge on any atom is 0.291 e. The molecule has 0 atom stereocenters. The quantitative estimate of drug-likeness (QED) is 0.778. The van der Waals surface area contributed by atoms with E-state index >= 15 is 0 Å². The van der Waals surface area contributed by atoms with Crippen LogP contribution in [0.2, 0.25) is 0 Å². The maximum absolute atomic E-state index is 13.2. The normalized spacial score (nSPS) is 12.7. The zero-order valence-corrected chi connectivity index (χ0v) is 17.1.